The van der Waals surface area contributed by atoms with E-state index in [4.69, 9.17) is 0 Å². The van der Waals surface area contributed by atoms with Gasteiger partial charge in [-0.15, -0.1) is 0 Å². The summed E-state index contributed by atoms with van der Waals surface area (Å²) in [5.41, 5.74) is 2.80. The van der Waals surface area contributed by atoms with Crippen LogP contribution in [-0.4, -0.2) is 77.9 Å². The lowest BCUT2D eigenvalue weighted by atomic mass is 9.63. The fourth-order valence-corrected chi connectivity index (χ4v) is 7.06. The third-order valence-corrected chi connectivity index (χ3v) is 10.1. The molecule has 0 bridgehead atoms. The first-order valence-electron chi connectivity index (χ1n) is 14.4. The Bertz CT molecular complexity index is 1560. The number of nitrogens with zero attached hydrogens (tertiary/aromatic N) is 6. The van der Waals surface area contributed by atoms with Crippen LogP contribution in [0.5, 0.6) is 0 Å². The summed E-state index contributed by atoms with van der Waals surface area (Å²) in [4.78, 5) is 22.2. The van der Waals surface area contributed by atoms with E-state index in [1.54, 1.807) is 23.1 Å². The van der Waals surface area contributed by atoms with E-state index in [-0.39, 0.29) is 25.9 Å². The maximum atomic E-state index is 13.8. The fourth-order valence-electron chi connectivity index (χ4n) is 6.24. The van der Waals surface area contributed by atoms with E-state index in [9.17, 15) is 22.3 Å². The van der Waals surface area contributed by atoms with Gasteiger partial charge in [-0.3, -0.25) is 4.72 Å². The second kappa shape index (κ2) is 11.0. The van der Waals surface area contributed by atoms with E-state index in [0.29, 0.717) is 39.9 Å². The summed E-state index contributed by atoms with van der Waals surface area (Å²) in [5.74, 6) is -1.73. The Morgan fingerprint density at radius 3 is 2.33 bits per heavy atom. The summed E-state index contributed by atoms with van der Waals surface area (Å²) in [6, 6.07) is 5.23. The molecule has 2 aliphatic heterocycles. The molecule has 11 nitrogen and oxygen atoms in total. The second-order valence-corrected chi connectivity index (χ2v) is 13.6. The van der Waals surface area contributed by atoms with E-state index >= 15 is 0 Å². The van der Waals surface area contributed by atoms with Crippen molar-refractivity contribution in [1.82, 2.24) is 19.9 Å². The zero-order chi connectivity index (χ0) is 29.5. The van der Waals surface area contributed by atoms with Gasteiger partial charge in [0, 0.05) is 50.8 Å². The van der Waals surface area contributed by atoms with Gasteiger partial charge in [-0.1, -0.05) is 6.42 Å². The van der Waals surface area contributed by atoms with E-state index < -0.39 is 28.3 Å². The van der Waals surface area contributed by atoms with Gasteiger partial charge in [0.2, 0.25) is 16.0 Å². The molecule has 6 rings (SSSR count). The maximum Gasteiger partial charge on any atom is 0.251 e. The van der Waals surface area contributed by atoms with Gasteiger partial charge in [0.1, 0.15) is 18.0 Å². The quantitative estimate of drug-likeness (QED) is 0.344. The molecule has 1 saturated carbocycles. The normalized spacial score (nSPS) is 20.0. The molecule has 3 fully saturated rings. The number of nitrogens with one attached hydrogen (secondary N) is 2. The minimum atomic E-state index is -3.75. The zero-order valence-corrected chi connectivity index (χ0v) is 24.4. The van der Waals surface area contributed by atoms with Crippen LogP contribution in [0.1, 0.15) is 50.6 Å². The van der Waals surface area contributed by atoms with Crippen molar-refractivity contribution < 1.29 is 22.3 Å². The molecule has 3 aromatic rings. The van der Waals surface area contributed by atoms with E-state index in [2.05, 4.69) is 34.9 Å². The van der Waals surface area contributed by atoms with Crippen LogP contribution in [0.2, 0.25) is 0 Å². The molecular formula is C28H36F2N8O3S. The zero-order valence-electron chi connectivity index (χ0n) is 23.6. The summed E-state index contributed by atoms with van der Waals surface area (Å²) >= 11 is 0. The standard InChI is InChI=1S/C28H36F2N8O3S/c1-19-15-23(35-26(33-19)38-11-7-28(29,30)8-12-38)34-25-24-21(31-18-32-25)16-20(36-42(40,41)14-13-39)17-22(24)37-9-5-27(6-10-37)3-2-4-27/h15-18,36,39H,2-14H2,1H3,(H,31,32,33,34,35). The van der Waals surface area contributed by atoms with Crippen LogP contribution in [0.3, 0.4) is 0 Å². The number of rotatable bonds is 8. The number of aryl methyl sites for hydroxylation is 1. The number of halogens is 2. The maximum absolute atomic E-state index is 13.8. The molecule has 0 atom stereocenters. The summed E-state index contributed by atoms with van der Waals surface area (Å²) in [6.07, 6.45) is 6.83. The minimum Gasteiger partial charge on any atom is -0.395 e. The number of sulfonamides is 1. The Morgan fingerprint density at radius 1 is 0.952 bits per heavy atom. The SMILES string of the molecule is Cc1cc(Nc2ncnc3cc(NS(=O)(=O)CCO)cc(N4CCC5(CCC5)CC4)c23)nc(N2CCC(F)(F)CC2)n1. The van der Waals surface area contributed by atoms with Gasteiger partial charge >= 0.3 is 0 Å². The largest absolute Gasteiger partial charge is 0.395 e. The summed E-state index contributed by atoms with van der Waals surface area (Å²) < 4.78 is 55.1. The van der Waals surface area contributed by atoms with Crippen LogP contribution in [-0.2, 0) is 10.0 Å². The van der Waals surface area contributed by atoms with Crippen LogP contribution in [0.4, 0.5) is 37.7 Å². The number of anilines is 5. The number of hydrogen-bond acceptors (Lipinski definition) is 10. The van der Waals surface area contributed by atoms with Crippen molar-refractivity contribution in [3.05, 3.63) is 30.2 Å². The Hall–Kier alpha value is -3.39. The van der Waals surface area contributed by atoms with Gasteiger partial charge in [0.05, 0.1) is 34.6 Å². The van der Waals surface area contributed by atoms with Crippen molar-refractivity contribution in [3.8, 4) is 0 Å². The number of hydrogen-bond donors (Lipinski definition) is 3. The van der Waals surface area contributed by atoms with Crippen molar-refractivity contribution >= 4 is 49.9 Å². The molecule has 226 valence electrons. The molecule has 1 spiro atoms. The van der Waals surface area contributed by atoms with Crippen molar-refractivity contribution in [2.75, 3.05) is 58.4 Å². The topological polar surface area (TPSA) is 136 Å². The van der Waals surface area contributed by atoms with Gasteiger partial charge in [0.15, 0.2) is 0 Å². The van der Waals surface area contributed by atoms with Gasteiger partial charge in [-0.25, -0.2) is 32.2 Å². The first kappa shape index (κ1) is 28.7. The average molecular weight is 603 g/mol. The molecule has 0 unspecified atom stereocenters. The lowest BCUT2D eigenvalue weighted by molar-refractivity contribution is -0.0222. The number of aromatic nitrogens is 4. The number of fused-ring (bicyclic) bond motifs is 1. The first-order valence-corrected chi connectivity index (χ1v) is 16.1. The molecule has 42 heavy (non-hydrogen) atoms. The fraction of sp³-hybridized carbons (Fsp3) is 0.571. The third-order valence-electron chi connectivity index (χ3n) is 8.80. The predicted octanol–water partition coefficient (Wildman–Crippen LogP) is 4.21. The van der Waals surface area contributed by atoms with Crippen molar-refractivity contribution in [2.24, 2.45) is 5.41 Å². The van der Waals surface area contributed by atoms with E-state index in [0.717, 1.165) is 37.0 Å². The van der Waals surface area contributed by atoms with Gasteiger partial charge in [-0.2, -0.15) is 4.98 Å². The molecule has 2 saturated heterocycles. The minimum absolute atomic E-state index is 0.169. The lowest BCUT2D eigenvalue weighted by Gasteiger charge is -2.48. The van der Waals surface area contributed by atoms with Gasteiger partial charge in [0.25, 0.3) is 5.92 Å². The molecular weight excluding hydrogens is 566 g/mol. The molecule has 3 aliphatic rings. The third kappa shape index (κ3) is 6.05. The highest BCUT2D eigenvalue weighted by atomic mass is 32.2. The van der Waals surface area contributed by atoms with E-state index in [1.165, 1.54) is 25.6 Å². The predicted molar refractivity (Wildman–Crippen MR) is 158 cm³/mol. The number of piperidine rings is 2. The molecule has 3 N–H and O–H groups in total. The molecule has 1 aliphatic carbocycles. The number of benzene rings is 1. The molecule has 14 heteroatoms. The smallest absolute Gasteiger partial charge is 0.251 e. The Morgan fingerprint density at radius 2 is 1.67 bits per heavy atom. The molecule has 0 radical (unpaired) electrons. The second-order valence-electron chi connectivity index (χ2n) is 11.8. The van der Waals surface area contributed by atoms with Crippen molar-refractivity contribution in [3.63, 3.8) is 0 Å². The summed E-state index contributed by atoms with van der Waals surface area (Å²) in [5, 5.41) is 13.2. The highest BCUT2D eigenvalue weighted by molar-refractivity contribution is 7.92. The Balaban J connectivity index is 1.36. The number of aliphatic hydroxyl groups is 1. The van der Waals surface area contributed by atoms with Crippen LogP contribution in [0, 0.1) is 12.3 Å². The van der Waals surface area contributed by atoms with E-state index in [1.807, 2.05) is 6.92 Å². The molecule has 2 aromatic heterocycles. The number of alkyl halides is 2. The lowest BCUT2D eigenvalue weighted by Crippen LogP contribution is -2.43. The van der Waals surface area contributed by atoms with Crippen LogP contribution in [0.25, 0.3) is 10.9 Å². The van der Waals surface area contributed by atoms with Crippen molar-refractivity contribution in [2.45, 2.75) is 57.8 Å². The summed E-state index contributed by atoms with van der Waals surface area (Å²) in [6.45, 7) is 3.33. The van der Waals surface area contributed by atoms with Gasteiger partial charge in [-0.05, 0) is 50.2 Å². The highest BCUT2D eigenvalue weighted by Crippen LogP contribution is 2.50. The van der Waals surface area contributed by atoms with Gasteiger partial charge < -0.3 is 20.2 Å². The molecule has 1 aromatic carbocycles. The molecule has 0 amide bonds. The number of aliphatic hydroxyl groups excluding tert-OH is 1. The monoisotopic (exact) mass is 602 g/mol. The summed E-state index contributed by atoms with van der Waals surface area (Å²) in [7, 11) is -3.75. The van der Waals surface area contributed by atoms with Crippen LogP contribution < -0.4 is 19.8 Å². The van der Waals surface area contributed by atoms with Crippen molar-refractivity contribution in [1.29, 1.82) is 0 Å². The Labute approximate surface area is 243 Å². The Kier molecular flexibility index (Phi) is 7.54. The average Bonchev–Trinajstić information content (AvgIpc) is 2.91. The first-order chi connectivity index (χ1) is 20.0. The highest BCUT2D eigenvalue weighted by Gasteiger charge is 2.40. The van der Waals surface area contributed by atoms with Crippen LogP contribution in [0.15, 0.2) is 24.5 Å². The van der Waals surface area contributed by atoms with Crippen LogP contribution >= 0.6 is 0 Å². The molecule has 4 heterocycles.